The topological polar surface area (TPSA) is 40.5 Å². The van der Waals surface area contributed by atoms with Crippen LogP contribution in [0.25, 0.3) is 0 Å². The fourth-order valence-electron chi connectivity index (χ4n) is 1.00. The Morgan fingerprint density at radius 1 is 1.46 bits per heavy atom. The van der Waals surface area contributed by atoms with Crippen LogP contribution in [0.1, 0.15) is 10.4 Å². The van der Waals surface area contributed by atoms with Gasteiger partial charge in [0.15, 0.2) is 0 Å². The van der Waals surface area contributed by atoms with Gasteiger partial charge in [-0.2, -0.15) is 0 Å². The summed E-state index contributed by atoms with van der Waals surface area (Å²) in [6.45, 7) is 0. The molecule has 3 nitrogen and oxygen atoms in total. The maximum Gasteiger partial charge on any atom is 0.335 e. The van der Waals surface area contributed by atoms with E-state index in [1.807, 2.05) is 19.0 Å². The van der Waals surface area contributed by atoms with Crippen LogP contribution in [0.3, 0.4) is 0 Å². The van der Waals surface area contributed by atoms with Gasteiger partial charge in [0.2, 0.25) is 0 Å². The number of carboxylic acids is 1. The first-order valence-corrected chi connectivity index (χ1v) is 4.10. The van der Waals surface area contributed by atoms with Crippen LogP contribution in [-0.2, 0) is 0 Å². The van der Waals surface area contributed by atoms with Crippen molar-refractivity contribution in [1.29, 1.82) is 0 Å². The second-order valence-electron chi connectivity index (χ2n) is 2.87. The molecule has 0 fully saturated rings. The average molecular weight is 200 g/mol. The number of aromatic carboxylic acids is 1. The Morgan fingerprint density at radius 2 is 2.08 bits per heavy atom. The molecule has 4 heteroatoms. The molecule has 70 valence electrons. The molecule has 0 aliphatic carbocycles. The third-order valence-electron chi connectivity index (χ3n) is 1.68. The Morgan fingerprint density at radius 3 is 2.46 bits per heavy atom. The summed E-state index contributed by atoms with van der Waals surface area (Å²) in [5.41, 5.74) is 1.02. The van der Waals surface area contributed by atoms with Gasteiger partial charge in [0.25, 0.3) is 0 Å². The summed E-state index contributed by atoms with van der Waals surface area (Å²) < 4.78 is 0. The summed E-state index contributed by atoms with van der Waals surface area (Å²) in [6, 6.07) is 4.66. The first-order valence-electron chi connectivity index (χ1n) is 3.72. The number of benzene rings is 1. The third kappa shape index (κ3) is 2.12. The number of nitrogens with zero attached hydrogens (tertiary/aromatic N) is 1. The van der Waals surface area contributed by atoms with Gasteiger partial charge < -0.3 is 10.0 Å². The molecule has 0 unspecified atom stereocenters. The Kier molecular flexibility index (Phi) is 2.78. The van der Waals surface area contributed by atoms with Crippen molar-refractivity contribution < 1.29 is 9.90 Å². The maximum atomic E-state index is 10.6. The molecule has 1 aromatic rings. The Labute approximate surface area is 81.5 Å². The number of hydrogen-bond acceptors (Lipinski definition) is 2. The van der Waals surface area contributed by atoms with Gasteiger partial charge in [-0.15, -0.1) is 0 Å². The van der Waals surface area contributed by atoms with Gasteiger partial charge >= 0.3 is 5.97 Å². The van der Waals surface area contributed by atoms with Gasteiger partial charge in [-0.3, -0.25) is 0 Å². The number of rotatable bonds is 2. The number of carbonyl (C=O) groups is 1. The van der Waals surface area contributed by atoms with Gasteiger partial charge in [-0.05, 0) is 18.2 Å². The van der Waals surface area contributed by atoms with Crippen molar-refractivity contribution in [2.24, 2.45) is 0 Å². The molecule has 0 spiro atoms. The molecule has 0 aliphatic rings. The zero-order chi connectivity index (χ0) is 10.0. The van der Waals surface area contributed by atoms with Crippen LogP contribution < -0.4 is 4.90 Å². The third-order valence-corrected chi connectivity index (χ3v) is 1.98. The van der Waals surface area contributed by atoms with Crippen LogP contribution in [0.2, 0.25) is 5.02 Å². The normalized spacial score (nSPS) is 9.77. The number of halogens is 1. The van der Waals surface area contributed by atoms with E-state index in [1.165, 1.54) is 12.1 Å². The maximum absolute atomic E-state index is 10.6. The second-order valence-corrected chi connectivity index (χ2v) is 3.27. The summed E-state index contributed by atoms with van der Waals surface area (Å²) in [5, 5.41) is 9.12. The van der Waals surface area contributed by atoms with E-state index in [-0.39, 0.29) is 5.56 Å². The average Bonchev–Trinajstić information content (AvgIpc) is 2.03. The molecule has 1 rings (SSSR count). The summed E-state index contributed by atoms with van der Waals surface area (Å²) in [5.74, 6) is -0.966. The molecule has 0 amide bonds. The Balaban J connectivity index is 3.13. The predicted molar refractivity (Wildman–Crippen MR) is 52.7 cm³/mol. The molecule has 0 heterocycles. The minimum atomic E-state index is -0.966. The van der Waals surface area contributed by atoms with Crippen molar-refractivity contribution in [2.45, 2.75) is 0 Å². The van der Waals surface area contributed by atoms with E-state index in [2.05, 4.69) is 0 Å². The molecule has 0 aromatic heterocycles. The monoisotopic (exact) mass is 199 g/mol. The highest BCUT2D eigenvalue weighted by Gasteiger charge is 2.07. The fraction of sp³-hybridized carbons (Fsp3) is 0.222. The van der Waals surface area contributed by atoms with Crippen molar-refractivity contribution in [3.63, 3.8) is 0 Å². The first kappa shape index (κ1) is 9.86. The molecule has 0 aliphatic heterocycles. The molecule has 13 heavy (non-hydrogen) atoms. The lowest BCUT2D eigenvalue weighted by Gasteiger charge is -2.14. The van der Waals surface area contributed by atoms with Crippen LogP contribution >= 0.6 is 11.6 Å². The van der Waals surface area contributed by atoms with E-state index in [9.17, 15) is 4.79 Å². The van der Waals surface area contributed by atoms with E-state index >= 15 is 0 Å². The van der Waals surface area contributed by atoms with Crippen LogP contribution in [0.15, 0.2) is 18.2 Å². The molecule has 0 atom stereocenters. The predicted octanol–water partition coefficient (Wildman–Crippen LogP) is 2.10. The zero-order valence-electron chi connectivity index (χ0n) is 7.41. The summed E-state index contributed by atoms with van der Waals surface area (Å²) >= 11 is 5.86. The van der Waals surface area contributed by atoms with Crippen LogP contribution in [0, 0.1) is 0 Å². The highest BCUT2D eigenvalue weighted by Crippen LogP contribution is 2.24. The van der Waals surface area contributed by atoms with Gasteiger partial charge in [-0.25, -0.2) is 4.79 Å². The Bertz CT molecular complexity index is 336. The van der Waals surface area contributed by atoms with Crippen molar-refractivity contribution >= 4 is 23.3 Å². The van der Waals surface area contributed by atoms with Crippen LogP contribution in [-0.4, -0.2) is 25.2 Å². The van der Waals surface area contributed by atoms with E-state index in [1.54, 1.807) is 6.07 Å². The van der Waals surface area contributed by atoms with Crippen molar-refractivity contribution in [3.8, 4) is 0 Å². The largest absolute Gasteiger partial charge is 0.478 e. The first-order chi connectivity index (χ1) is 6.02. The lowest BCUT2D eigenvalue weighted by Crippen LogP contribution is -2.09. The molecule has 1 aromatic carbocycles. The minimum Gasteiger partial charge on any atom is -0.478 e. The van der Waals surface area contributed by atoms with Gasteiger partial charge in [0.1, 0.15) is 0 Å². The number of carboxylic acid groups (broad SMARTS) is 1. The number of hydrogen-bond donors (Lipinski definition) is 1. The fourth-order valence-corrected chi connectivity index (χ4v) is 1.35. The molecular weight excluding hydrogens is 190 g/mol. The SMILES string of the molecule is CN(C)c1ccc(C(=O)O)cc1Cl. The van der Waals surface area contributed by atoms with Gasteiger partial charge in [0.05, 0.1) is 16.3 Å². The molecule has 0 bridgehead atoms. The van der Waals surface area contributed by atoms with Gasteiger partial charge in [-0.1, -0.05) is 11.6 Å². The summed E-state index contributed by atoms with van der Waals surface area (Å²) in [4.78, 5) is 12.4. The number of anilines is 1. The van der Waals surface area contributed by atoms with Crippen LogP contribution in [0.4, 0.5) is 5.69 Å². The zero-order valence-corrected chi connectivity index (χ0v) is 8.17. The van der Waals surface area contributed by atoms with Crippen LogP contribution in [0.5, 0.6) is 0 Å². The molecular formula is C9H10ClNO2. The highest BCUT2D eigenvalue weighted by atomic mass is 35.5. The van der Waals surface area contributed by atoms with E-state index < -0.39 is 5.97 Å². The van der Waals surface area contributed by atoms with Gasteiger partial charge in [0, 0.05) is 14.1 Å². The van der Waals surface area contributed by atoms with Crippen molar-refractivity contribution in [1.82, 2.24) is 0 Å². The highest BCUT2D eigenvalue weighted by molar-refractivity contribution is 6.33. The minimum absolute atomic E-state index is 0.204. The summed E-state index contributed by atoms with van der Waals surface area (Å²) in [6.07, 6.45) is 0. The van der Waals surface area contributed by atoms with E-state index in [0.717, 1.165) is 5.69 Å². The molecule has 1 N–H and O–H groups in total. The van der Waals surface area contributed by atoms with Crippen molar-refractivity contribution in [2.75, 3.05) is 19.0 Å². The summed E-state index contributed by atoms with van der Waals surface area (Å²) in [7, 11) is 3.70. The standard InChI is InChI=1S/C9H10ClNO2/c1-11(2)8-4-3-6(9(12)13)5-7(8)10/h3-5H,1-2H3,(H,12,13). The molecule has 0 saturated carbocycles. The van der Waals surface area contributed by atoms with E-state index in [4.69, 9.17) is 16.7 Å². The lowest BCUT2D eigenvalue weighted by molar-refractivity contribution is 0.0697. The molecule has 0 saturated heterocycles. The Hall–Kier alpha value is -1.22. The quantitative estimate of drug-likeness (QED) is 0.793. The van der Waals surface area contributed by atoms with E-state index in [0.29, 0.717) is 5.02 Å². The smallest absolute Gasteiger partial charge is 0.335 e. The molecule has 0 radical (unpaired) electrons. The van der Waals surface area contributed by atoms with Crippen molar-refractivity contribution in [3.05, 3.63) is 28.8 Å². The lowest BCUT2D eigenvalue weighted by atomic mass is 10.2. The second kappa shape index (κ2) is 3.66.